The highest BCUT2D eigenvalue weighted by Crippen LogP contribution is 2.26. The van der Waals surface area contributed by atoms with E-state index < -0.39 is 9.84 Å². The van der Waals surface area contributed by atoms with Crippen LogP contribution in [0.15, 0.2) is 64.4 Å². The minimum Gasteiger partial charge on any atom is -0.323 e. The molecule has 0 fully saturated rings. The highest BCUT2D eigenvalue weighted by molar-refractivity contribution is 7.91. The first kappa shape index (κ1) is 11.6. The molecule has 0 bridgehead atoms. The number of sulfone groups is 1. The molecule has 0 spiro atoms. The Kier molecular flexibility index (Phi) is 3.12. The van der Waals surface area contributed by atoms with Crippen molar-refractivity contribution >= 4 is 15.5 Å². The molecule has 0 saturated carbocycles. The van der Waals surface area contributed by atoms with Crippen LogP contribution >= 0.6 is 0 Å². The lowest BCUT2D eigenvalue weighted by Crippen LogP contribution is -2.12. The molecule has 88 valence electrons. The molecule has 2 rings (SSSR count). The number of anilines is 1. The van der Waals surface area contributed by atoms with E-state index in [1.807, 2.05) is 0 Å². The van der Waals surface area contributed by atoms with Gasteiger partial charge in [-0.25, -0.2) is 8.42 Å². The lowest BCUT2D eigenvalue weighted by atomic mass is 10.3. The summed E-state index contributed by atoms with van der Waals surface area (Å²) in [5.41, 5.74) is 2.78. The molecule has 0 aromatic heterocycles. The molecule has 4 nitrogen and oxygen atoms in total. The third-order valence-electron chi connectivity index (χ3n) is 2.39. The number of hydrogen-bond donors (Lipinski definition) is 2. The van der Waals surface area contributed by atoms with Gasteiger partial charge in [0.15, 0.2) is 0 Å². The molecule has 0 aliphatic heterocycles. The predicted molar refractivity (Wildman–Crippen MR) is 66.1 cm³/mol. The average molecular weight is 248 g/mol. The molecule has 0 aliphatic rings. The zero-order chi connectivity index (χ0) is 12.3. The second-order valence-electron chi connectivity index (χ2n) is 3.46. The van der Waals surface area contributed by atoms with Crippen molar-refractivity contribution in [2.45, 2.75) is 9.79 Å². The third kappa shape index (κ3) is 2.15. The van der Waals surface area contributed by atoms with Gasteiger partial charge in [0.05, 0.1) is 15.5 Å². The van der Waals surface area contributed by atoms with E-state index in [-0.39, 0.29) is 9.79 Å². The first-order valence-electron chi connectivity index (χ1n) is 5.02. The number of hydrazine groups is 1. The first-order chi connectivity index (χ1) is 8.16. The van der Waals surface area contributed by atoms with Crippen molar-refractivity contribution in [1.29, 1.82) is 0 Å². The maximum Gasteiger partial charge on any atom is 0.208 e. The van der Waals surface area contributed by atoms with E-state index in [2.05, 4.69) is 5.43 Å². The van der Waals surface area contributed by atoms with Crippen molar-refractivity contribution in [2.75, 3.05) is 5.43 Å². The van der Waals surface area contributed by atoms with E-state index in [4.69, 9.17) is 5.84 Å². The molecule has 0 aliphatic carbocycles. The predicted octanol–water partition coefficient (Wildman–Crippen LogP) is 1.81. The Hall–Kier alpha value is -1.85. The topological polar surface area (TPSA) is 72.2 Å². The van der Waals surface area contributed by atoms with Gasteiger partial charge >= 0.3 is 0 Å². The van der Waals surface area contributed by atoms with Gasteiger partial charge in [0.25, 0.3) is 0 Å². The summed E-state index contributed by atoms with van der Waals surface area (Å²) in [6.07, 6.45) is 0. The zero-order valence-corrected chi connectivity index (χ0v) is 9.81. The summed E-state index contributed by atoms with van der Waals surface area (Å²) in [6, 6.07) is 14.8. The summed E-state index contributed by atoms with van der Waals surface area (Å²) in [4.78, 5) is 0.427. The van der Waals surface area contributed by atoms with Crippen LogP contribution in [0.1, 0.15) is 0 Å². The number of hydrogen-bond acceptors (Lipinski definition) is 4. The SMILES string of the molecule is NNc1ccccc1S(=O)(=O)c1ccccc1. The van der Waals surface area contributed by atoms with E-state index in [9.17, 15) is 8.42 Å². The Morgan fingerprint density at radius 3 is 2.12 bits per heavy atom. The monoisotopic (exact) mass is 248 g/mol. The number of para-hydroxylation sites is 1. The van der Waals surface area contributed by atoms with Crippen LogP contribution in [0.4, 0.5) is 5.69 Å². The van der Waals surface area contributed by atoms with Crippen LogP contribution < -0.4 is 11.3 Å². The van der Waals surface area contributed by atoms with Gasteiger partial charge in [-0.2, -0.15) is 0 Å². The highest BCUT2D eigenvalue weighted by atomic mass is 32.2. The Morgan fingerprint density at radius 2 is 1.47 bits per heavy atom. The normalized spacial score (nSPS) is 11.1. The van der Waals surface area contributed by atoms with E-state index in [1.54, 1.807) is 48.5 Å². The largest absolute Gasteiger partial charge is 0.323 e. The first-order valence-corrected chi connectivity index (χ1v) is 6.50. The second kappa shape index (κ2) is 4.57. The molecule has 2 aromatic rings. The van der Waals surface area contributed by atoms with Gasteiger partial charge in [-0.1, -0.05) is 30.3 Å². The number of benzene rings is 2. The summed E-state index contributed by atoms with van der Waals surface area (Å²) in [5.74, 6) is 5.31. The van der Waals surface area contributed by atoms with Crippen LogP contribution in [0.2, 0.25) is 0 Å². The molecular weight excluding hydrogens is 236 g/mol. The fourth-order valence-electron chi connectivity index (χ4n) is 1.55. The Labute approximate surface area is 100.0 Å². The van der Waals surface area contributed by atoms with Crippen LogP contribution in [0.3, 0.4) is 0 Å². The number of nitrogens with two attached hydrogens (primary N) is 1. The van der Waals surface area contributed by atoms with Crippen molar-refractivity contribution < 1.29 is 8.42 Å². The van der Waals surface area contributed by atoms with Gasteiger partial charge in [0.1, 0.15) is 0 Å². The minimum atomic E-state index is -3.52. The highest BCUT2D eigenvalue weighted by Gasteiger charge is 2.20. The smallest absolute Gasteiger partial charge is 0.208 e. The van der Waals surface area contributed by atoms with Gasteiger partial charge in [0.2, 0.25) is 9.84 Å². The van der Waals surface area contributed by atoms with E-state index in [0.29, 0.717) is 5.69 Å². The summed E-state index contributed by atoms with van der Waals surface area (Å²) in [5, 5.41) is 0. The van der Waals surface area contributed by atoms with E-state index in [0.717, 1.165) is 0 Å². The molecule has 0 amide bonds. The zero-order valence-electron chi connectivity index (χ0n) is 9.00. The molecule has 0 radical (unpaired) electrons. The Bertz CT molecular complexity index is 609. The van der Waals surface area contributed by atoms with Gasteiger partial charge in [-0.05, 0) is 24.3 Å². The fraction of sp³-hybridized carbons (Fsp3) is 0. The van der Waals surface area contributed by atoms with Gasteiger partial charge < -0.3 is 5.43 Å². The van der Waals surface area contributed by atoms with E-state index in [1.165, 1.54) is 6.07 Å². The molecule has 2 aromatic carbocycles. The Morgan fingerprint density at radius 1 is 0.882 bits per heavy atom. The Balaban J connectivity index is 2.61. The summed E-state index contributed by atoms with van der Waals surface area (Å²) in [6.45, 7) is 0. The summed E-state index contributed by atoms with van der Waals surface area (Å²) >= 11 is 0. The van der Waals surface area contributed by atoms with Gasteiger partial charge in [-0.15, -0.1) is 0 Å². The lowest BCUT2D eigenvalue weighted by Gasteiger charge is -2.09. The van der Waals surface area contributed by atoms with Crippen LogP contribution in [0, 0.1) is 0 Å². The molecular formula is C12H12N2O2S. The molecule has 3 N–H and O–H groups in total. The molecule has 0 heterocycles. The van der Waals surface area contributed by atoms with Crippen LogP contribution in [-0.4, -0.2) is 8.42 Å². The quantitative estimate of drug-likeness (QED) is 0.642. The van der Waals surface area contributed by atoms with Crippen LogP contribution in [0.25, 0.3) is 0 Å². The van der Waals surface area contributed by atoms with Crippen LogP contribution in [0.5, 0.6) is 0 Å². The molecule has 0 unspecified atom stereocenters. The lowest BCUT2D eigenvalue weighted by molar-refractivity contribution is 0.596. The molecule has 0 saturated heterocycles. The van der Waals surface area contributed by atoms with Crippen molar-refractivity contribution in [2.24, 2.45) is 5.84 Å². The fourth-order valence-corrected chi connectivity index (χ4v) is 2.99. The second-order valence-corrected chi connectivity index (χ2v) is 5.38. The van der Waals surface area contributed by atoms with Crippen molar-refractivity contribution in [1.82, 2.24) is 0 Å². The van der Waals surface area contributed by atoms with Crippen LogP contribution in [-0.2, 0) is 9.84 Å². The molecule has 5 heteroatoms. The van der Waals surface area contributed by atoms with Gasteiger partial charge in [0, 0.05) is 0 Å². The van der Waals surface area contributed by atoms with Crippen molar-refractivity contribution in [3.63, 3.8) is 0 Å². The standard InChI is InChI=1S/C12H12N2O2S/c13-14-11-8-4-5-9-12(11)17(15,16)10-6-2-1-3-7-10/h1-9,14H,13H2. The minimum absolute atomic E-state index is 0.175. The summed E-state index contributed by atoms with van der Waals surface area (Å²) < 4.78 is 24.6. The van der Waals surface area contributed by atoms with Crippen molar-refractivity contribution in [3.8, 4) is 0 Å². The van der Waals surface area contributed by atoms with Gasteiger partial charge in [-0.3, -0.25) is 5.84 Å². The number of nitrogens with one attached hydrogen (secondary N) is 1. The number of rotatable bonds is 3. The average Bonchev–Trinajstić information content (AvgIpc) is 2.39. The maximum atomic E-state index is 12.3. The summed E-state index contributed by atoms with van der Waals surface area (Å²) in [7, 11) is -3.52. The molecule has 0 atom stereocenters. The number of nitrogen functional groups attached to an aromatic ring is 1. The third-order valence-corrected chi connectivity index (χ3v) is 4.21. The molecule has 17 heavy (non-hydrogen) atoms. The maximum absolute atomic E-state index is 12.3. The van der Waals surface area contributed by atoms with E-state index >= 15 is 0 Å². The van der Waals surface area contributed by atoms with Crippen molar-refractivity contribution in [3.05, 3.63) is 54.6 Å².